The minimum absolute atomic E-state index is 1.01. The summed E-state index contributed by atoms with van der Waals surface area (Å²) in [7, 11) is -1.01. The maximum Gasteiger partial charge on any atom is 0.0721 e. The molecule has 0 unspecified atom stereocenters. The van der Waals surface area contributed by atoms with Crippen LogP contribution < -0.4 is 0 Å². The Kier molecular flexibility index (Phi) is 3.45. The third-order valence-electron chi connectivity index (χ3n) is 3.15. The third kappa shape index (κ3) is 3.21. The van der Waals surface area contributed by atoms with Gasteiger partial charge in [-0.25, -0.2) is 0 Å². The fraction of sp³-hybridized carbons (Fsp3) is 0.333. The standard InChI is InChI=1S/C15H20Si/c1-16(2)12-6-9-15(13-16)11-10-14-7-4-3-5-8-14/h3-5,7-8,10-11,13H,6,9,12H2,1-2H3/b11-10+. The van der Waals surface area contributed by atoms with E-state index in [1.54, 1.807) is 5.57 Å². The van der Waals surface area contributed by atoms with Gasteiger partial charge in [-0.15, -0.1) is 0 Å². The molecule has 0 fully saturated rings. The molecular weight excluding hydrogens is 208 g/mol. The molecule has 0 amide bonds. The van der Waals surface area contributed by atoms with Crippen LogP contribution in [0.15, 0.2) is 47.7 Å². The van der Waals surface area contributed by atoms with Crippen LogP contribution in [-0.2, 0) is 0 Å². The van der Waals surface area contributed by atoms with Crippen LogP contribution in [-0.4, -0.2) is 8.07 Å². The van der Waals surface area contributed by atoms with Crippen molar-refractivity contribution in [3.63, 3.8) is 0 Å². The molecule has 1 aromatic carbocycles. The second-order valence-corrected chi connectivity index (χ2v) is 10.1. The first-order chi connectivity index (χ1) is 7.66. The lowest BCUT2D eigenvalue weighted by atomic mass is 10.1. The lowest BCUT2D eigenvalue weighted by Gasteiger charge is -2.24. The van der Waals surface area contributed by atoms with Crippen LogP contribution >= 0.6 is 0 Å². The van der Waals surface area contributed by atoms with Crippen LogP contribution in [0.5, 0.6) is 0 Å². The predicted molar refractivity (Wildman–Crippen MR) is 75.1 cm³/mol. The van der Waals surface area contributed by atoms with E-state index in [0.717, 1.165) is 0 Å². The van der Waals surface area contributed by atoms with Crippen molar-refractivity contribution in [1.82, 2.24) is 0 Å². The summed E-state index contributed by atoms with van der Waals surface area (Å²) in [4.78, 5) is 0. The lowest BCUT2D eigenvalue weighted by Crippen LogP contribution is -2.25. The molecule has 1 aliphatic rings. The van der Waals surface area contributed by atoms with Gasteiger partial charge < -0.3 is 0 Å². The van der Waals surface area contributed by atoms with Crippen LogP contribution in [0, 0.1) is 0 Å². The quantitative estimate of drug-likeness (QED) is 0.645. The van der Waals surface area contributed by atoms with Crippen molar-refractivity contribution in [2.75, 3.05) is 0 Å². The first-order valence-corrected chi connectivity index (χ1v) is 9.39. The highest BCUT2D eigenvalue weighted by molar-refractivity contribution is 6.82. The van der Waals surface area contributed by atoms with Gasteiger partial charge in [-0.2, -0.15) is 0 Å². The zero-order valence-corrected chi connectivity index (χ0v) is 11.2. The van der Waals surface area contributed by atoms with Crippen molar-refractivity contribution >= 4 is 14.1 Å². The van der Waals surface area contributed by atoms with Crippen LogP contribution in [0.3, 0.4) is 0 Å². The average Bonchev–Trinajstić information content (AvgIpc) is 2.27. The summed E-state index contributed by atoms with van der Waals surface area (Å²) in [6, 6.07) is 12.0. The SMILES string of the molecule is C[Si]1(C)C=C(/C=C/c2ccccc2)CCC1. The van der Waals surface area contributed by atoms with Crippen molar-refractivity contribution in [1.29, 1.82) is 0 Å². The molecule has 1 heteroatoms. The van der Waals surface area contributed by atoms with Crippen LogP contribution in [0.4, 0.5) is 0 Å². The summed E-state index contributed by atoms with van der Waals surface area (Å²) in [5.74, 6) is 0. The molecule has 1 heterocycles. The highest BCUT2D eigenvalue weighted by atomic mass is 28.3. The summed E-state index contributed by atoms with van der Waals surface area (Å²) in [6.45, 7) is 4.92. The maximum absolute atomic E-state index is 2.57. The minimum Gasteiger partial charge on any atom is -0.0916 e. The van der Waals surface area contributed by atoms with Gasteiger partial charge >= 0.3 is 0 Å². The molecule has 0 aliphatic carbocycles. The van der Waals surface area contributed by atoms with Gasteiger partial charge in [-0.05, 0) is 12.0 Å². The molecule has 1 aromatic rings. The Bertz CT molecular complexity index is 399. The molecule has 0 radical (unpaired) electrons. The molecule has 16 heavy (non-hydrogen) atoms. The molecule has 0 spiro atoms. The van der Waals surface area contributed by atoms with Crippen LogP contribution in [0.2, 0.25) is 19.1 Å². The van der Waals surface area contributed by atoms with E-state index in [9.17, 15) is 0 Å². The fourth-order valence-electron chi connectivity index (χ4n) is 2.29. The van der Waals surface area contributed by atoms with Crippen molar-refractivity contribution in [3.8, 4) is 0 Å². The molecule has 0 aromatic heterocycles. The molecule has 2 rings (SSSR count). The smallest absolute Gasteiger partial charge is 0.0721 e. The average molecular weight is 228 g/mol. The van der Waals surface area contributed by atoms with E-state index in [2.05, 4.69) is 61.3 Å². The van der Waals surface area contributed by atoms with E-state index in [0.29, 0.717) is 0 Å². The molecule has 0 bridgehead atoms. The van der Waals surface area contributed by atoms with Gasteiger partial charge in [-0.1, -0.05) is 79.3 Å². The highest BCUT2D eigenvalue weighted by Gasteiger charge is 2.21. The van der Waals surface area contributed by atoms with Gasteiger partial charge in [0.2, 0.25) is 0 Å². The van der Waals surface area contributed by atoms with E-state index >= 15 is 0 Å². The van der Waals surface area contributed by atoms with Crippen LogP contribution in [0.1, 0.15) is 18.4 Å². The van der Waals surface area contributed by atoms with E-state index in [4.69, 9.17) is 0 Å². The first-order valence-electron chi connectivity index (χ1n) is 6.11. The summed E-state index contributed by atoms with van der Waals surface area (Å²) in [5, 5.41) is 0. The van der Waals surface area contributed by atoms with Gasteiger partial charge in [0.1, 0.15) is 0 Å². The Morgan fingerprint density at radius 1 is 1.06 bits per heavy atom. The summed E-state index contributed by atoms with van der Waals surface area (Å²) in [6.07, 6.45) is 7.19. The molecule has 0 saturated carbocycles. The zero-order valence-electron chi connectivity index (χ0n) is 10.2. The summed E-state index contributed by atoms with van der Waals surface area (Å²) in [5.41, 5.74) is 5.41. The number of rotatable bonds is 2. The van der Waals surface area contributed by atoms with E-state index in [1.165, 1.54) is 24.4 Å². The maximum atomic E-state index is 2.57. The van der Waals surface area contributed by atoms with E-state index in [1.807, 2.05) is 0 Å². The van der Waals surface area contributed by atoms with Crippen molar-refractivity contribution in [2.24, 2.45) is 0 Å². The third-order valence-corrected chi connectivity index (χ3v) is 5.95. The van der Waals surface area contributed by atoms with Crippen molar-refractivity contribution in [3.05, 3.63) is 53.2 Å². The van der Waals surface area contributed by atoms with Gasteiger partial charge in [0.25, 0.3) is 0 Å². The Morgan fingerprint density at radius 2 is 1.81 bits per heavy atom. The minimum atomic E-state index is -1.01. The van der Waals surface area contributed by atoms with E-state index in [-0.39, 0.29) is 0 Å². The fourth-order valence-corrected chi connectivity index (χ4v) is 4.77. The van der Waals surface area contributed by atoms with E-state index < -0.39 is 8.07 Å². The number of hydrogen-bond donors (Lipinski definition) is 0. The number of allylic oxidation sites excluding steroid dienone is 2. The zero-order chi connectivity index (χ0) is 11.4. The molecular formula is C15H20Si. The summed E-state index contributed by atoms with van der Waals surface area (Å²) >= 11 is 0. The molecule has 0 saturated heterocycles. The predicted octanol–water partition coefficient (Wildman–Crippen LogP) is 4.67. The topological polar surface area (TPSA) is 0 Å². The highest BCUT2D eigenvalue weighted by Crippen LogP contribution is 2.26. The second-order valence-electron chi connectivity index (χ2n) is 5.31. The van der Waals surface area contributed by atoms with Gasteiger partial charge in [0, 0.05) is 0 Å². The number of benzene rings is 1. The van der Waals surface area contributed by atoms with Gasteiger partial charge in [0.15, 0.2) is 0 Å². The second kappa shape index (κ2) is 4.83. The lowest BCUT2D eigenvalue weighted by molar-refractivity contribution is 0.891. The summed E-state index contributed by atoms with van der Waals surface area (Å²) < 4.78 is 0. The molecule has 84 valence electrons. The molecule has 0 nitrogen and oxygen atoms in total. The number of hydrogen-bond acceptors (Lipinski definition) is 0. The monoisotopic (exact) mass is 228 g/mol. The van der Waals surface area contributed by atoms with Crippen molar-refractivity contribution in [2.45, 2.75) is 32.0 Å². The van der Waals surface area contributed by atoms with Gasteiger partial charge in [0.05, 0.1) is 8.07 Å². The largest absolute Gasteiger partial charge is 0.0916 e. The molecule has 0 atom stereocenters. The van der Waals surface area contributed by atoms with Gasteiger partial charge in [-0.3, -0.25) is 0 Å². The van der Waals surface area contributed by atoms with Crippen LogP contribution in [0.25, 0.3) is 6.08 Å². The Morgan fingerprint density at radius 3 is 2.50 bits per heavy atom. The first kappa shape index (κ1) is 11.4. The Labute approximate surface area is 99.7 Å². The Balaban J connectivity index is 2.10. The molecule has 1 aliphatic heterocycles. The van der Waals surface area contributed by atoms with Crippen molar-refractivity contribution < 1.29 is 0 Å². The molecule has 0 N–H and O–H groups in total. The normalized spacial score (nSPS) is 19.8. The Hall–Kier alpha value is -1.08.